The minimum absolute atomic E-state index is 0.0489. The fourth-order valence-electron chi connectivity index (χ4n) is 1.72. The van der Waals surface area contributed by atoms with Gasteiger partial charge in [0.15, 0.2) is 5.57 Å². The Bertz CT molecular complexity index is 755. The molecule has 0 saturated carbocycles. The van der Waals surface area contributed by atoms with Gasteiger partial charge in [0.05, 0.1) is 11.3 Å². The molecule has 0 aliphatic heterocycles. The van der Waals surface area contributed by atoms with Crippen molar-refractivity contribution in [2.24, 2.45) is 0 Å². The SMILES string of the molecule is CSc1c(C#N)c(=C(C#N)C#N)nc(C)/c1=C(\C)O. The van der Waals surface area contributed by atoms with Gasteiger partial charge in [-0.25, -0.2) is 4.98 Å². The first-order chi connectivity index (χ1) is 9.01. The Labute approximate surface area is 114 Å². The number of aromatic nitrogens is 1. The third-order valence-corrected chi connectivity index (χ3v) is 3.29. The van der Waals surface area contributed by atoms with Crippen molar-refractivity contribution in [2.75, 3.05) is 6.26 Å². The number of pyridine rings is 1. The number of hydrogen-bond acceptors (Lipinski definition) is 6. The van der Waals surface area contributed by atoms with Gasteiger partial charge in [-0.1, -0.05) is 0 Å². The molecule has 0 amide bonds. The summed E-state index contributed by atoms with van der Waals surface area (Å²) in [5.41, 5.74) is 0.401. The molecule has 1 aromatic heterocycles. The highest BCUT2D eigenvalue weighted by Gasteiger charge is 2.14. The summed E-state index contributed by atoms with van der Waals surface area (Å²) in [5.74, 6) is 0.0489. The number of nitrogens with zero attached hydrogens (tertiary/aromatic N) is 4. The predicted molar refractivity (Wildman–Crippen MR) is 71.1 cm³/mol. The molecular formula is C13H10N4OS. The van der Waals surface area contributed by atoms with Crippen LogP contribution in [0.15, 0.2) is 4.90 Å². The molecule has 94 valence electrons. The zero-order chi connectivity index (χ0) is 14.6. The summed E-state index contributed by atoms with van der Waals surface area (Å²) >= 11 is 1.27. The predicted octanol–water partition coefficient (Wildman–Crippen LogP) is 0.868. The lowest BCUT2D eigenvalue weighted by Crippen LogP contribution is -2.27. The van der Waals surface area contributed by atoms with Gasteiger partial charge < -0.3 is 5.11 Å². The molecule has 0 aliphatic rings. The summed E-state index contributed by atoms with van der Waals surface area (Å²) < 4.78 is 0. The number of rotatable bonds is 1. The summed E-state index contributed by atoms with van der Waals surface area (Å²) in [6.07, 6.45) is 1.75. The van der Waals surface area contributed by atoms with E-state index in [9.17, 15) is 10.4 Å². The topological polar surface area (TPSA) is 104 Å². The van der Waals surface area contributed by atoms with Crippen molar-refractivity contribution in [1.82, 2.24) is 4.98 Å². The summed E-state index contributed by atoms with van der Waals surface area (Å²) in [6.45, 7) is 3.16. The summed E-state index contributed by atoms with van der Waals surface area (Å²) in [7, 11) is 0. The molecule has 0 bridgehead atoms. The van der Waals surface area contributed by atoms with Crippen LogP contribution >= 0.6 is 11.8 Å². The Morgan fingerprint density at radius 2 is 1.84 bits per heavy atom. The van der Waals surface area contributed by atoms with Gasteiger partial charge in [0.2, 0.25) is 0 Å². The smallest absolute Gasteiger partial charge is 0.156 e. The highest BCUT2D eigenvalue weighted by molar-refractivity contribution is 7.98. The van der Waals surface area contributed by atoms with E-state index in [4.69, 9.17) is 10.5 Å². The van der Waals surface area contributed by atoms with Crippen molar-refractivity contribution in [3.05, 3.63) is 21.8 Å². The first-order valence-electron chi connectivity index (χ1n) is 5.20. The van der Waals surface area contributed by atoms with Gasteiger partial charge in [-0.15, -0.1) is 11.8 Å². The molecule has 0 aliphatic carbocycles. The maximum absolute atomic E-state index is 9.70. The minimum Gasteiger partial charge on any atom is -0.512 e. The first kappa shape index (κ1) is 14.6. The molecule has 1 N–H and O–H groups in total. The second kappa shape index (κ2) is 5.91. The van der Waals surface area contributed by atoms with Crippen LogP contribution in [0.5, 0.6) is 0 Å². The Morgan fingerprint density at radius 1 is 1.26 bits per heavy atom. The van der Waals surface area contributed by atoms with Gasteiger partial charge in [-0.3, -0.25) is 0 Å². The average molecular weight is 270 g/mol. The second-order valence-electron chi connectivity index (χ2n) is 3.62. The zero-order valence-electron chi connectivity index (χ0n) is 10.6. The Balaban J connectivity index is 4.22. The summed E-state index contributed by atoms with van der Waals surface area (Å²) in [6, 6.07) is 5.42. The summed E-state index contributed by atoms with van der Waals surface area (Å²) in [4.78, 5) is 4.64. The molecule has 1 heterocycles. The van der Waals surface area contributed by atoms with Crippen molar-refractivity contribution in [3.63, 3.8) is 0 Å². The van der Waals surface area contributed by atoms with Crippen LogP contribution in [0.3, 0.4) is 0 Å². The molecule has 0 saturated heterocycles. The van der Waals surface area contributed by atoms with Crippen molar-refractivity contribution < 1.29 is 5.11 Å². The molecule has 0 atom stereocenters. The van der Waals surface area contributed by atoms with Crippen LogP contribution in [0.4, 0.5) is 0 Å². The van der Waals surface area contributed by atoms with E-state index in [1.165, 1.54) is 18.7 Å². The van der Waals surface area contributed by atoms with Crippen LogP contribution in [0.2, 0.25) is 0 Å². The third-order valence-electron chi connectivity index (χ3n) is 2.47. The van der Waals surface area contributed by atoms with Gasteiger partial charge in [-0.2, -0.15) is 15.8 Å². The number of nitriles is 3. The molecule has 1 rings (SSSR count). The van der Waals surface area contributed by atoms with Gasteiger partial charge in [0.25, 0.3) is 0 Å². The maximum Gasteiger partial charge on any atom is 0.156 e. The molecular weight excluding hydrogens is 260 g/mol. The molecule has 0 spiro atoms. The molecule has 6 heteroatoms. The van der Waals surface area contributed by atoms with Crippen LogP contribution in [0.1, 0.15) is 18.2 Å². The molecule has 1 aromatic rings. The van der Waals surface area contributed by atoms with Crippen molar-refractivity contribution >= 4 is 23.1 Å². The normalized spacial score (nSPS) is 10.9. The fourth-order valence-corrected chi connectivity index (χ4v) is 2.57. The molecule has 0 unspecified atom stereocenters. The lowest BCUT2D eigenvalue weighted by Gasteiger charge is -2.06. The minimum atomic E-state index is -0.211. The van der Waals surface area contributed by atoms with Crippen molar-refractivity contribution in [3.8, 4) is 18.2 Å². The average Bonchev–Trinajstić information content (AvgIpc) is 2.38. The fraction of sp³-hybridized carbons (Fsp3) is 0.231. The number of thioether (sulfide) groups is 1. The number of aliphatic hydroxyl groups is 1. The maximum atomic E-state index is 9.70. The van der Waals surface area contributed by atoms with Crippen LogP contribution in [0, 0.1) is 40.9 Å². The molecule has 0 aromatic carbocycles. The van der Waals surface area contributed by atoms with Crippen LogP contribution < -0.4 is 10.6 Å². The molecule has 5 nitrogen and oxygen atoms in total. The zero-order valence-corrected chi connectivity index (χ0v) is 11.5. The Kier molecular flexibility index (Phi) is 4.53. The van der Waals surface area contributed by atoms with Crippen molar-refractivity contribution in [2.45, 2.75) is 18.7 Å². The second-order valence-corrected chi connectivity index (χ2v) is 4.44. The lowest BCUT2D eigenvalue weighted by molar-refractivity contribution is 0.496. The Hall–Kier alpha value is -2.49. The first-order valence-corrected chi connectivity index (χ1v) is 6.43. The highest BCUT2D eigenvalue weighted by atomic mass is 32.2. The van der Waals surface area contributed by atoms with E-state index in [0.717, 1.165) is 0 Å². The van der Waals surface area contributed by atoms with E-state index in [2.05, 4.69) is 4.98 Å². The van der Waals surface area contributed by atoms with Crippen molar-refractivity contribution in [1.29, 1.82) is 15.8 Å². The van der Waals surface area contributed by atoms with E-state index >= 15 is 0 Å². The van der Waals surface area contributed by atoms with Gasteiger partial charge >= 0.3 is 0 Å². The van der Waals surface area contributed by atoms with E-state index in [1.54, 1.807) is 25.3 Å². The quantitative estimate of drug-likeness (QED) is 0.759. The van der Waals surface area contributed by atoms with Crippen LogP contribution in [-0.4, -0.2) is 16.3 Å². The van der Waals surface area contributed by atoms with Gasteiger partial charge in [-0.05, 0) is 20.1 Å². The monoisotopic (exact) mass is 270 g/mol. The van der Waals surface area contributed by atoms with E-state index < -0.39 is 0 Å². The van der Waals surface area contributed by atoms with Gasteiger partial charge in [0, 0.05) is 15.8 Å². The van der Waals surface area contributed by atoms with E-state index in [1.807, 2.05) is 6.07 Å². The van der Waals surface area contributed by atoms with Crippen LogP contribution in [0.25, 0.3) is 11.3 Å². The standard InChI is InChI=1S/C13H10N4OS/c1-7-11(8(2)18)13(19-3)10(6-16)12(17-7)9(4-14)5-15/h18H,1-3H3/b11-8-. The number of hydrogen-bond donors (Lipinski definition) is 1. The highest BCUT2D eigenvalue weighted by Crippen LogP contribution is 2.14. The molecule has 0 fully saturated rings. The number of aryl methyl sites for hydroxylation is 1. The summed E-state index contributed by atoms with van der Waals surface area (Å²) in [5, 5.41) is 37.3. The van der Waals surface area contributed by atoms with Crippen LogP contribution in [-0.2, 0) is 0 Å². The third kappa shape index (κ3) is 2.52. The lowest BCUT2D eigenvalue weighted by atomic mass is 10.1. The largest absolute Gasteiger partial charge is 0.512 e. The molecule has 19 heavy (non-hydrogen) atoms. The van der Waals surface area contributed by atoms with E-state index in [-0.39, 0.29) is 22.2 Å². The Morgan fingerprint density at radius 3 is 2.21 bits per heavy atom. The van der Waals surface area contributed by atoms with E-state index in [0.29, 0.717) is 15.8 Å². The molecule has 0 radical (unpaired) electrons. The van der Waals surface area contributed by atoms with Gasteiger partial charge in [0.1, 0.15) is 23.6 Å². The number of aliphatic hydroxyl groups excluding tert-OH is 1.